The molecule has 1 aliphatic heterocycles. The number of pyridine rings is 1. The van der Waals surface area contributed by atoms with Crippen molar-refractivity contribution in [2.24, 2.45) is 11.8 Å². The van der Waals surface area contributed by atoms with Gasteiger partial charge in [-0.3, -0.25) is 15.1 Å². The van der Waals surface area contributed by atoms with Gasteiger partial charge in [0.15, 0.2) is 0 Å². The Morgan fingerprint density at radius 1 is 1.08 bits per heavy atom. The van der Waals surface area contributed by atoms with Crippen molar-refractivity contribution in [1.82, 2.24) is 15.2 Å². The van der Waals surface area contributed by atoms with Crippen LogP contribution in [0.4, 0.5) is 10.5 Å². The molecule has 0 bridgehead atoms. The number of carbonyl (C=O) groups excluding carboxylic acids is 2. The lowest BCUT2D eigenvalue weighted by molar-refractivity contribution is -0.124. The SMILES string of the molecule is CCC[C@@H](CCC(C)C)C(=O)NC(=O)N1CCN(c2ccncc2)CC1. The second-order valence-electron chi connectivity index (χ2n) is 7.43. The van der Waals surface area contributed by atoms with E-state index in [9.17, 15) is 9.59 Å². The number of urea groups is 1. The lowest BCUT2D eigenvalue weighted by Gasteiger charge is -2.36. The van der Waals surface area contributed by atoms with Crippen LogP contribution >= 0.6 is 0 Å². The van der Waals surface area contributed by atoms with Gasteiger partial charge in [-0.25, -0.2) is 4.79 Å². The highest BCUT2D eigenvalue weighted by Gasteiger charge is 2.25. The molecule has 6 nitrogen and oxygen atoms in total. The summed E-state index contributed by atoms with van der Waals surface area (Å²) in [6, 6.07) is 3.70. The van der Waals surface area contributed by atoms with Crippen LogP contribution in [0.25, 0.3) is 0 Å². The first-order valence-corrected chi connectivity index (χ1v) is 9.76. The number of nitrogens with one attached hydrogen (secondary N) is 1. The molecule has 1 aliphatic rings. The van der Waals surface area contributed by atoms with Crippen molar-refractivity contribution >= 4 is 17.6 Å². The maximum atomic E-state index is 12.5. The first-order chi connectivity index (χ1) is 12.5. The Hall–Kier alpha value is -2.11. The highest BCUT2D eigenvalue weighted by atomic mass is 16.2. The summed E-state index contributed by atoms with van der Waals surface area (Å²) >= 11 is 0. The minimum Gasteiger partial charge on any atom is -0.368 e. The molecule has 2 rings (SSSR count). The summed E-state index contributed by atoms with van der Waals surface area (Å²) in [6.45, 7) is 9.16. The Kier molecular flexibility index (Phi) is 7.88. The standard InChI is InChI=1S/C20H32N4O2/c1-4-5-17(7-6-16(2)3)19(25)22-20(26)24-14-12-23(13-15-24)18-8-10-21-11-9-18/h8-11,16-17H,4-7,12-15H2,1-3H3,(H,22,25,26)/t17-/m0/s1. The highest BCUT2D eigenvalue weighted by Crippen LogP contribution is 2.18. The first-order valence-electron chi connectivity index (χ1n) is 9.76. The van der Waals surface area contributed by atoms with Gasteiger partial charge in [-0.1, -0.05) is 33.6 Å². The predicted molar refractivity (Wildman–Crippen MR) is 104 cm³/mol. The topological polar surface area (TPSA) is 65.5 Å². The lowest BCUT2D eigenvalue weighted by atomic mass is 9.93. The Morgan fingerprint density at radius 3 is 2.31 bits per heavy atom. The first kappa shape index (κ1) is 20.2. The van der Waals surface area contributed by atoms with E-state index in [2.05, 4.69) is 36.0 Å². The molecule has 0 spiro atoms. The molecule has 2 heterocycles. The number of amides is 3. The van der Waals surface area contributed by atoms with Crippen LogP contribution in [0.3, 0.4) is 0 Å². The van der Waals surface area contributed by atoms with Gasteiger partial charge in [0.05, 0.1) is 0 Å². The van der Waals surface area contributed by atoms with Crippen LogP contribution in [0.5, 0.6) is 0 Å². The van der Waals surface area contributed by atoms with E-state index in [1.54, 1.807) is 17.3 Å². The molecule has 1 atom stereocenters. The van der Waals surface area contributed by atoms with Gasteiger partial charge in [0.25, 0.3) is 0 Å². The van der Waals surface area contributed by atoms with E-state index in [1.807, 2.05) is 12.1 Å². The molecular weight excluding hydrogens is 328 g/mol. The van der Waals surface area contributed by atoms with E-state index in [0.29, 0.717) is 19.0 Å². The molecule has 1 aromatic heterocycles. The number of nitrogens with zero attached hydrogens (tertiary/aromatic N) is 3. The summed E-state index contributed by atoms with van der Waals surface area (Å²) in [6.07, 6.45) is 7.20. The van der Waals surface area contributed by atoms with Crippen molar-refractivity contribution in [3.05, 3.63) is 24.5 Å². The van der Waals surface area contributed by atoms with Crippen molar-refractivity contribution < 1.29 is 9.59 Å². The zero-order chi connectivity index (χ0) is 18.9. The predicted octanol–water partition coefficient (Wildman–Crippen LogP) is 3.29. The van der Waals surface area contributed by atoms with Gasteiger partial charge in [0, 0.05) is 50.2 Å². The van der Waals surface area contributed by atoms with Gasteiger partial charge in [-0.05, 0) is 30.9 Å². The minimum atomic E-state index is -0.255. The third-order valence-corrected chi connectivity index (χ3v) is 4.93. The van der Waals surface area contributed by atoms with E-state index in [4.69, 9.17) is 0 Å². The second kappa shape index (κ2) is 10.1. The number of hydrogen-bond acceptors (Lipinski definition) is 4. The highest BCUT2D eigenvalue weighted by molar-refractivity contribution is 5.95. The average Bonchev–Trinajstić information content (AvgIpc) is 2.65. The summed E-state index contributed by atoms with van der Waals surface area (Å²) in [7, 11) is 0. The smallest absolute Gasteiger partial charge is 0.324 e. The quantitative estimate of drug-likeness (QED) is 0.810. The van der Waals surface area contributed by atoms with E-state index in [-0.39, 0.29) is 17.9 Å². The van der Waals surface area contributed by atoms with Gasteiger partial charge < -0.3 is 9.80 Å². The normalized spacial score (nSPS) is 15.8. The number of piperazine rings is 1. The molecular formula is C20H32N4O2. The number of anilines is 1. The Bertz CT molecular complexity index is 568. The van der Waals surface area contributed by atoms with Crippen molar-refractivity contribution in [1.29, 1.82) is 0 Å². The molecule has 0 aliphatic carbocycles. The molecule has 144 valence electrons. The Balaban J connectivity index is 1.82. The summed E-state index contributed by atoms with van der Waals surface area (Å²) in [4.78, 5) is 33.0. The van der Waals surface area contributed by atoms with Crippen LogP contribution in [0.1, 0.15) is 46.5 Å². The van der Waals surface area contributed by atoms with Gasteiger partial charge in [-0.2, -0.15) is 0 Å². The third kappa shape index (κ3) is 6.00. The maximum Gasteiger partial charge on any atom is 0.324 e. The van der Waals surface area contributed by atoms with E-state index < -0.39 is 0 Å². The summed E-state index contributed by atoms with van der Waals surface area (Å²) in [5.41, 5.74) is 1.12. The van der Waals surface area contributed by atoms with Crippen LogP contribution < -0.4 is 10.2 Å². The van der Waals surface area contributed by atoms with Crippen molar-refractivity contribution in [2.45, 2.75) is 46.5 Å². The lowest BCUT2D eigenvalue weighted by Crippen LogP contribution is -2.53. The van der Waals surface area contributed by atoms with Crippen molar-refractivity contribution in [2.75, 3.05) is 31.1 Å². The fourth-order valence-electron chi connectivity index (χ4n) is 3.30. The average molecular weight is 361 g/mol. The number of carbonyl (C=O) groups is 2. The summed E-state index contributed by atoms with van der Waals surface area (Å²) in [5.74, 6) is 0.387. The third-order valence-electron chi connectivity index (χ3n) is 4.93. The monoisotopic (exact) mass is 360 g/mol. The molecule has 1 fully saturated rings. The van der Waals surface area contributed by atoms with Crippen molar-refractivity contribution in [3.8, 4) is 0 Å². The van der Waals surface area contributed by atoms with Crippen LogP contribution in [-0.2, 0) is 4.79 Å². The van der Waals surface area contributed by atoms with Gasteiger partial charge in [-0.15, -0.1) is 0 Å². The van der Waals surface area contributed by atoms with Gasteiger partial charge in [0.1, 0.15) is 0 Å². The molecule has 0 saturated carbocycles. The number of imide groups is 1. The number of hydrogen-bond donors (Lipinski definition) is 1. The zero-order valence-electron chi connectivity index (χ0n) is 16.3. The zero-order valence-corrected chi connectivity index (χ0v) is 16.3. The van der Waals surface area contributed by atoms with Crippen LogP contribution in [0.2, 0.25) is 0 Å². The van der Waals surface area contributed by atoms with E-state index in [0.717, 1.165) is 44.5 Å². The molecule has 1 saturated heterocycles. The number of aromatic nitrogens is 1. The van der Waals surface area contributed by atoms with E-state index in [1.165, 1.54) is 0 Å². The largest absolute Gasteiger partial charge is 0.368 e. The molecule has 0 radical (unpaired) electrons. The Morgan fingerprint density at radius 2 is 1.73 bits per heavy atom. The van der Waals surface area contributed by atoms with Gasteiger partial charge in [0.2, 0.25) is 5.91 Å². The second-order valence-corrected chi connectivity index (χ2v) is 7.43. The summed E-state index contributed by atoms with van der Waals surface area (Å²) in [5, 5.41) is 2.63. The van der Waals surface area contributed by atoms with Crippen molar-refractivity contribution in [3.63, 3.8) is 0 Å². The summed E-state index contributed by atoms with van der Waals surface area (Å²) < 4.78 is 0. The molecule has 0 unspecified atom stereocenters. The number of rotatable bonds is 7. The molecule has 1 N–H and O–H groups in total. The Labute approximate surface area is 157 Å². The van der Waals surface area contributed by atoms with Crippen LogP contribution in [0.15, 0.2) is 24.5 Å². The van der Waals surface area contributed by atoms with E-state index >= 15 is 0 Å². The fourth-order valence-corrected chi connectivity index (χ4v) is 3.30. The van der Waals surface area contributed by atoms with Gasteiger partial charge >= 0.3 is 6.03 Å². The molecule has 26 heavy (non-hydrogen) atoms. The minimum absolute atomic E-state index is 0.0653. The van der Waals surface area contributed by atoms with Crippen LogP contribution in [0, 0.1) is 11.8 Å². The fraction of sp³-hybridized carbons (Fsp3) is 0.650. The molecule has 0 aromatic carbocycles. The molecule has 3 amide bonds. The van der Waals surface area contributed by atoms with Crippen LogP contribution in [-0.4, -0.2) is 48.0 Å². The molecule has 1 aromatic rings. The maximum absolute atomic E-state index is 12.5. The molecule has 6 heteroatoms.